The number of aryl methyl sites for hydroxylation is 5. The molecule has 0 aliphatic heterocycles. The van der Waals surface area contributed by atoms with Gasteiger partial charge in [-0.05, 0) is 89.0 Å². The second-order valence-electron chi connectivity index (χ2n) is 11.5. The van der Waals surface area contributed by atoms with Crippen LogP contribution in [0, 0.1) is 0 Å². The van der Waals surface area contributed by atoms with E-state index < -0.39 is 12.2 Å². The van der Waals surface area contributed by atoms with E-state index in [1.54, 1.807) is 49.1 Å². The Morgan fingerprint density at radius 2 is 0.833 bits per heavy atom. The molecule has 0 amide bonds. The van der Waals surface area contributed by atoms with Gasteiger partial charge in [0.05, 0.1) is 0 Å². The van der Waals surface area contributed by atoms with E-state index in [0.717, 1.165) is 12.8 Å². The smallest absolute Gasteiger partial charge is 0.169 e. The molecule has 6 aromatic heterocycles. The highest BCUT2D eigenvalue weighted by molar-refractivity contribution is 5.68. The fraction of sp³-hybridized carbons (Fsp3) is 0.200. The van der Waals surface area contributed by atoms with Crippen LogP contribution in [-0.4, -0.2) is 25.2 Å². The van der Waals surface area contributed by atoms with Gasteiger partial charge < -0.3 is 10.2 Å². The first-order chi connectivity index (χ1) is 23.4. The average molecular weight is 642 g/mol. The molecule has 6 heterocycles. The molecule has 0 aliphatic rings. The molecule has 48 heavy (non-hydrogen) atoms. The maximum atomic E-state index is 10.1. The van der Waals surface area contributed by atoms with Crippen LogP contribution in [0.2, 0.25) is 0 Å². The zero-order valence-corrected chi connectivity index (χ0v) is 27.9. The third-order valence-electron chi connectivity index (χ3n) is 7.60. The molecule has 0 spiro atoms. The topological polar surface area (TPSA) is 90.8 Å². The third kappa shape index (κ3) is 12.4. The Morgan fingerprint density at radius 1 is 0.479 bits per heavy atom. The summed E-state index contributed by atoms with van der Waals surface area (Å²) < 4.78 is 5.95. The molecule has 0 fully saturated rings. The molecule has 0 aromatic carbocycles. The van der Waals surface area contributed by atoms with Crippen molar-refractivity contribution in [2.75, 3.05) is 0 Å². The van der Waals surface area contributed by atoms with Gasteiger partial charge in [-0.1, -0.05) is 12.2 Å². The second kappa shape index (κ2) is 19.3. The van der Waals surface area contributed by atoms with E-state index in [9.17, 15) is 10.2 Å². The molecular weight excluding hydrogens is 596 g/mol. The first kappa shape index (κ1) is 35.4. The number of nitrogens with zero attached hydrogens (tertiary/aromatic N) is 6. The molecule has 0 saturated heterocycles. The molecule has 8 heteroatoms. The third-order valence-corrected chi connectivity index (χ3v) is 7.60. The monoisotopic (exact) mass is 641 g/mol. The second-order valence-corrected chi connectivity index (χ2v) is 11.5. The number of hydrogen-bond donors (Lipinski definition) is 2. The van der Waals surface area contributed by atoms with Crippen molar-refractivity contribution in [2.24, 2.45) is 21.1 Å². The number of rotatable bonds is 9. The van der Waals surface area contributed by atoms with Crippen LogP contribution in [-0.2, 0) is 34.0 Å². The van der Waals surface area contributed by atoms with Crippen LogP contribution in [0.4, 0.5) is 0 Å². The maximum Gasteiger partial charge on any atom is 0.169 e. The quantitative estimate of drug-likeness (QED) is 0.221. The van der Waals surface area contributed by atoms with E-state index in [-0.39, 0.29) is 0 Å². The van der Waals surface area contributed by atoms with Gasteiger partial charge in [0.2, 0.25) is 0 Å². The SMILES string of the molecule is C[n+]1ccc(/C=C/c2ccncc2)cc1.C[n+]1ccc(C(O)C(O)c2ccncc2)cc1.C[n+]1ccc(CCCc2ccncc2)cc1. The summed E-state index contributed by atoms with van der Waals surface area (Å²) in [7, 11) is 5.95. The summed E-state index contributed by atoms with van der Waals surface area (Å²) in [5.74, 6) is 0. The highest BCUT2D eigenvalue weighted by atomic mass is 16.3. The minimum atomic E-state index is -0.939. The number of pyridine rings is 6. The number of aliphatic hydroxyl groups is 2. The molecule has 6 aromatic rings. The van der Waals surface area contributed by atoms with Gasteiger partial charge in [0.25, 0.3) is 0 Å². The number of aromatic nitrogens is 6. The Labute approximate surface area is 283 Å². The summed E-state index contributed by atoms with van der Waals surface area (Å²) in [6.45, 7) is 0. The Bertz CT molecular complexity index is 1770. The van der Waals surface area contributed by atoms with Gasteiger partial charge in [-0.15, -0.1) is 0 Å². The van der Waals surface area contributed by atoms with Gasteiger partial charge in [-0.3, -0.25) is 15.0 Å². The van der Waals surface area contributed by atoms with Crippen LogP contribution in [0.5, 0.6) is 0 Å². The lowest BCUT2D eigenvalue weighted by atomic mass is 10.0. The lowest BCUT2D eigenvalue weighted by Crippen LogP contribution is -2.26. The largest absolute Gasteiger partial charge is 0.385 e. The van der Waals surface area contributed by atoms with E-state index in [1.165, 1.54) is 28.7 Å². The van der Waals surface area contributed by atoms with E-state index >= 15 is 0 Å². The summed E-state index contributed by atoms with van der Waals surface area (Å²) in [5.41, 5.74) is 6.49. The normalized spacial score (nSPS) is 11.9. The first-order valence-corrected chi connectivity index (χ1v) is 15.9. The molecule has 0 aliphatic carbocycles. The minimum Gasteiger partial charge on any atom is -0.385 e. The van der Waals surface area contributed by atoms with E-state index in [4.69, 9.17) is 0 Å². The zero-order chi connectivity index (χ0) is 34.0. The standard InChI is InChI=1S/C14H17N2.C13H15N2O2.C13H13N2/c1-16-11-7-14(8-12-16)4-2-3-13-5-9-15-10-6-13;1-15-8-4-11(5-9-15)13(17)12(16)10-2-6-14-7-3-10;1-15-10-6-13(7-11-15)3-2-12-4-8-14-9-5-12/h5-12H,2-4H2,1H3;2-9,12-13,16-17H,1H3;2-11H,1H3/q3*+1/b;;3-2+. The van der Waals surface area contributed by atoms with Crippen LogP contribution < -0.4 is 13.7 Å². The van der Waals surface area contributed by atoms with Crippen LogP contribution in [0.3, 0.4) is 0 Å². The molecule has 0 saturated carbocycles. The number of hydrogen-bond acceptors (Lipinski definition) is 5. The highest BCUT2D eigenvalue weighted by Gasteiger charge is 2.20. The molecular formula is C40H45N6O2+3. The Kier molecular flexibility index (Phi) is 14.2. The summed E-state index contributed by atoms with van der Waals surface area (Å²) >= 11 is 0. The van der Waals surface area contributed by atoms with Crippen molar-refractivity contribution >= 4 is 12.2 Å². The Balaban J connectivity index is 0.000000163. The summed E-state index contributed by atoms with van der Waals surface area (Å²) in [4.78, 5) is 11.9. The predicted molar refractivity (Wildman–Crippen MR) is 186 cm³/mol. The van der Waals surface area contributed by atoms with Crippen LogP contribution in [0.15, 0.2) is 147 Å². The molecule has 0 bridgehead atoms. The van der Waals surface area contributed by atoms with Gasteiger partial charge in [0.15, 0.2) is 37.2 Å². The van der Waals surface area contributed by atoms with E-state index in [1.807, 2.05) is 79.6 Å². The van der Waals surface area contributed by atoms with Crippen molar-refractivity contribution in [3.63, 3.8) is 0 Å². The Morgan fingerprint density at radius 3 is 1.33 bits per heavy atom. The lowest BCUT2D eigenvalue weighted by molar-refractivity contribution is -0.671. The molecule has 2 N–H and O–H groups in total. The molecule has 0 radical (unpaired) electrons. The molecule has 244 valence electrons. The molecule has 2 unspecified atom stereocenters. The van der Waals surface area contributed by atoms with Crippen molar-refractivity contribution in [3.05, 3.63) is 181 Å². The summed E-state index contributed by atoms with van der Waals surface area (Å²) in [6.07, 6.45) is 28.2. The average Bonchev–Trinajstić information content (AvgIpc) is 3.14. The van der Waals surface area contributed by atoms with Gasteiger partial charge >= 0.3 is 0 Å². The summed E-state index contributed by atoms with van der Waals surface area (Å²) in [5, 5.41) is 20.1. The maximum absolute atomic E-state index is 10.1. The van der Waals surface area contributed by atoms with Crippen LogP contribution in [0.1, 0.15) is 52.0 Å². The van der Waals surface area contributed by atoms with Crippen molar-refractivity contribution in [1.82, 2.24) is 15.0 Å². The van der Waals surface area contributed by atoms with Gasteiger partial charge in [-0.25, -0.2) is 13.7 Å². The van der Waals surface area contributed by atoms with Crippen molar-refractivity contribution in [1.29, 1.82) is 0 Å². The summed E-state index contributed by atoms with van der Waals surface area (Å²) in [6, 6.07) is 23.6. The highest BCUT2D eigenvalue weighted by Crippen LogP contribution is 2.27. The fourth-order valence-electron chi connectivity index (χ4n) is 4.67. The van der Waals surface area contributed by atoms with Gasteiger partial charge in [-0.2, -0.15) is 0 Å². The van der Waals surface area contributed by atoms with Crippen LogP contribution >= 0.6 is 0 Å². The predicted octanol–water partition coefficient (Wildman–Crippen LogP) is 4.83. The van der Waals surface area contributed by atoms with Crippen LogP contribution in [0.25, 0.3) is 12.2 Å². The van der Waals surface area contributed by atoms with E-state index in [0.29, 0.717) is 11.1 Å². The Hall–Kier alpha value is -5.44. The van der Waals surface area contributed by atoms with Gasteiger partial charge in [0, 0.05) is 73.6 Å². The van der Waals surface area contributed by atoms with Gasteiger partial charge in [0.1, 0.15) is 33.4 Å². The lowest BCUT2D eigenvalue weighted by Gasteiger charge is -2.17. The molecule has 8 nitrogen and oxygen atoms in total. The minimum absolute atomic E-state index is 0.653. The van der Waals surface area contributed by atoms with Crippen molar-refractivity contribution < 1.29 is 23.9 Å². The fourth-order valence-corrected chi connectivity index (χ4v) is 4.67. The zero-order valence-electron chi connectivity index (χ0n) is 27.9. The van der Waals surface area contributed by atoms with Crippen molar-refractivity contribution in [3.8, 4) is 0 Å². The first-order valence-electron chi connectivity index (χ1n) is 15.9. The van der Waals surface area contributed by atoms with Crippen molar-refractivity contribution in [2.45, 2.75) is 31.5 Å². The molecule has 2 atom stereocenters. The number of aliphatic hydroxyl groups excluding tert-OH is 2. The molecule has 6 rings (SSSR count). The van der Waals surface area contributed by atoms with E-state index in [2.05, 4.69) is 80.5 Å².